The molecule has 1 heterocycles. The van der Waals surface area contributed by atoms with Crippen LogP contribution >= 0.6 is 0 Å². The van der Waals surface area contributed by atoms with Crippen molar-refractivity contribution in [2.24, 2.45) is 4.99 Å². The van der Waals surface area contributed by atoms with Crippen LogP contribution in [0.25, 0.3) is 0 Å². The molecule has 1 atom stereocenters. The van der Waals surface area contributed by atoms with Gasteiger partial charge in [0.05, 0.1) is 11.4 Å². The summed E-state index contributed by atoms with van der Waals surface area (Å²) in [5, 5.41) is 9.43. The molecule has 0 bridgehead atoms. The van der Waals surface area contributed by atoms with Gasteiger partial charge in [-0.2, -0.15) is 0 Å². The zero-order chi connectivity index (χ0) is 20.2. The lowest BCUT2D eigenvalue weighted by atomic mass is 10.00. The lowest BCUT2D eigenvalue weighted by Gasteiger charge is -2.23. The van der Waals surface area contributed by atoms with Gasteiger partial charge in [-0.05, 0) is 11.6 Å². The van der Waals surface area contributed by atoms with Gasteiger partial charge in [0, 0.05) is 17.5 Å². The van der Waals surface area contributed by atoms with Crippen molar-refractivity contribution < 1.29 is 14.7 Å². The van der Waals surface area contributed by atoms with Crippen LogP contribution in [0.2, 0.25) is 0 Å². The third-order valence-corrected chi connectivity index (χ3v) is 4.90. The topological polar surface area (TPSA) is 70.0 Å². The average Bonchev–Trinajstić information content (AvgIpc) is 2.86. The fourth-order valence-electron chi connectivity index (χ4n) is 3.58. The number of carboxylic acid groups (broad SMARTS) is 1. The van der Waals surface area contributed by atoms with Gasteiger partial charge in [-0.3, -0.25) is 19.5 Å². The number of aliphatic imine (C=N–C) groups is 1. The van der Waals surface area contributed by atoms with Crippen molar-refractivity contribution in [3.8, 4) is 0 Å². The molecule has 0 saturated heterocycles. The number of nitrogens with zero attached hydrogens (tertiary/aromatic N) is 2. The van der Waals surface area contributed by atoms with Crippen molar-refractivity contribution in [1.82, 2.24) is 0 Å². The number of carbonyl (C=O) groups is 2. The number of benzodiazepines with no additional fused rings is 1. The molecule has 0 unspecified atom stereocenters. The van der Waals surface area contributed by atoms with Crippen LogP contribution in [-0.4, -0.2) is 35.3 Å². The van der Waals surface area contributed by atoms with E-state index in [-0.39, 0.29) is 5.91 Å². The summed E-state index contributed by atoms with van der Waals surface area (Å²) in [6.45, 7) is -0.404. The highest BCUT2D eigenvalue weighted by Gasteiger charge is 2.33. The maximum Gasteiger partial charge on any atom is 0.323 e. The molecule has 0 fully saturated rings. The second-order valence-corrected chi connectivity index (χ2v) is 6.88. The summed E-state index contributed by atoms with van der Waals surface area (Å²) in [6.07, 6.45) is 0.403. The number of carboxylic acids is 1. The lowest BCUT2D eigenvalue weighted by molar-refractivity contribution is -0.136. The molecule has 1 N–H and O–H groups in total. The van der Waals surface area contributed by atoms with Crippen molar-refractivity contribution in [1.29, 1.82) is 0 Å². The number of aliphatic carboxylic acids is 1. The quantitative estimate of drug-likeness (QED) is 0.731. The average molecular weight is 384 g/mol. The van der Waals surface area contributed by atoms with Crippen LogP contribution in [0.4, 0.5) is 5.69 Å². The Morgan fingerprint density at radius 3 is 2.21 bits per heavy atom. The molecule has 0 aliphatic carbocycles. The third kappa shape index (κ3) is 3.94. The van der Waals surface area contributed by atoms with Crippen LogP contribution in [0, 0.1) is 0 Å². The second kappa shape index (κ2) is 8.10. The second-order valence-electron chi connectivity index (χ2n) is 6.88. The number of fused-ring (bicyclic) bond motifs is 1. The molecule has 5 nitrogen and oxygen atoms in total. The summed E-state index contributed by atoms with van der Waals surface area (Å²) in [7, 11) is 0. The monoisotopic (exact) mass is 384 g/mol. The minimum absolute atomic E-state index is 0.311. The molecule has 0 saturated carbocycles. The van der Waals surface area contributed by atoms with Crippen LogP contribution in [0.15, 0.2) is 89.9 Å². The largest absolute Gasteiger partial charge is 0.480 e. The fourth-order valence-corrected chi connectivity index (χ4v) is 3.58. The Hall–Kier alpha value is -3.73. The van der Waals surface area contributed by atoms with Crippen LogP contribution in [0.5, 0.6) is 0 Å². The normalized spacial score (nSPS) is 16.0. The molecule has 29 heavy (non-hydrogen) atoms. The number of rotatable bonds is 5. The first kappa shape index (κ1) is 18.6. The maximum atomic E-state index is 13.4. The third-order valence-electron chi connectivity index (χ3n) is 4.90. The molecule has 3 aromatic carbocycles. The van der Waals surface area contributed by atoms with Gasteiger partial charge in [0.1, 0.15) is 12.6 Å². The van der Waals surface area contributed by atoms with Gasteiger partial charge in [0.15, 0.2) is 0 Å². The highest BCUT2D eigenvalue weighted by Crippen LogP contribution is 2.29. The van der Waals surface area contributed by atoms with Crippen LogP contribution in [-0.2, 0) is 16.0 Å². The van der Waals surface area contributed by atoms with Crippen molar-refractivity contribution in [2.75, 3.05) is 11.4 Å². The molecule has 5 heteroatoms. The van der Waals surface area contributed by atoms with Crippen molar-refractivity contribution >= 4 is 23.3 Å². The summed E-state index contributed by atoms with van der Waals surface area (Å²) in [4.78, 5) is 31.1. The Balaban J connectivity index is 1.87. The Morgan fingerprint density at radius 1 is 0.897 bits per heavy atom. The van der Waals surface area contributed by atoms with Gasteiger partial charge < -0.3 is 5.11 Å². The van der Waals surface area contributed by atoms with E-state index < -0.39 is 18.6 Å². The highest BCUT2D eigenvalue weighted by atomic mass is 16.4. The molecular weight excluding hydrogens is 364 g/mol. The van der Waals surface area contributed by atoms with Crippen LogP contribution in [0.1, 0.15) is 16.7 Å². The van der Waals surface area contributed by atoms with Crippen molar-refractivity contribution in [3.63, 3.8) is 0 Å². The SMILES string of the molecule is O=C(O)CN1C(=O)[C@H](Cc2ccccc2)N=C(c2ccccc2)c2ccccc21. The number of para-hydroxylation sites is 1. The number of hydrogen-bond acceptors (Lipinski definition) is 3. The van der Waals surface area contributed by atoms with E-state index in [2.05, 4.69) is 0 Å². The number of anilines is 1. The number of hydrogen-bond donors (Lipinski definition) is 1. The first-order valence-corrected chi connectivity index (χ1v) is 9.43. The first-order chi connectivity index (χ1) is 14.1. The summed E-state index contributed by atoms with van der Waals surface area (Å²) < 4.78 is 0. The Labute approximate surface area is 169 Å². The minimum atomic E-state index is -1.06. The summed E-state index contributed by atoms with van der Waals surface area (Å²) >= 11 is 0. The van der Waals surface area contributed by atoms with E-state index >= 15 is 0 Å². The number of benzene rings is 3. The molecule has 4 rings (SSSR count). The first-order valence-electron chi connectivity index (χ1n) is 9.43. The molecule has 1 aliphatic rings. The van der Waals surface area contributed by atoms with Crippen LogP contribution in [0.3, 0.4) is 0 Å². The van der Waals surface area contributed by atoms with Gasteiger partial charge in [-0.15, -0.1) is 0 Å². The molecule has 1 aliphatic heterocycles. The van der Waals surface area contributed by atoms with Gasteiger partial charge in [-0.1, -0.05) is 78.9 Å². The maximum absolute atomic E-state index is 13.4. The van der Waals surface area contributed by atoms with Gasteiger partial charge >= 0.3 is 5.97 Å². The molecule has 0 aromatic heterocycles. The zero-order valence-electron chi connectivity index (χ0n) is 15.7. The summed E-state index contributed by atoms with van der Waals surface area (Å²) in [6, 6.07) is 26.0. The molecule has 0 spiro atoms. The molecule has 0 radical (unpaired) electrons. The van der Waals surface area contributed by atoms with E-state index in [0.717, 1.165) is 16.7 Å². The van der Waals surface area contributed by atoms with Gasteiger partial charge in [0.25, 0.3) is 5.91 Å². The minimum Gasteiger partial charge on any atom is -0.480 e. The summed E-state index contributed by atoms with van der Waals surface area (Å²) in [5.41, 5.74) is 3.89. The van der Waals surface area contributed by atoms with Crippen LogP contribution < -0.4 is 4.90 Å². The standard InChI is InChI=1S/C24H20N2O3/c27-22(28)16-26-21-14-8-7-13-19(21)23(18-11-5-2-6-12-18)25-20(24(26)29)15-17-9-3-1-4-10-17/h1-14,20H,15-16H2,(H,27,28)/t20-/m0/s1. The van der Waals surface area contributed by atoms with Crippen molar-refractivity contribution in [2.45, 2.75) is 12.5 Å². The van der Waals surface area contributed by atoms with Gasteiger partial charge in [-0.25, -0.2) is 0 Å². The zero-order valence-corrected chi connectivity index (χ0v) is 15.7. The lowest BCUT2D eigenvalue weighted by Crippen LogP contribution is -2.42. The molecule has 144 valence electrons. The van der Waals surface area contributed by atoms with E-state index in [4.69, 9.17) is 4.99 Å². The highest BCUT2D eigenvalue weighted by molar-refractivity contribution is 6.20. The Bertz CT molecular complexity index is 1060. The van der Waals surface area contributed by atoms with E-state index in [1.807, 2.05) is 72.8 Å². The molecule has 1 amide bonds. The van der Waals surface area contributed by atoms with E-state index in [0.29, 0.717) is 17.8 Å². The van der Waals surface area contributed by atoms with E-state index in [1.54, 1.807) is 12.1 Å². The molecular formula is C24H20N2O3. The molecule has 3 aromatic rings. The summed E-state index contributed by atoms with van der Waals surface area (Å²) in [5.74, 6) is -1.37. The van der Waals surface area contributed by atoms with E-state index in [9.17, 15) is 14.7 Å². The smallest absolute Gasteiger partial charge is 0.323 e. The Kier molecular flexibility index (Phi) is 5.20. The predicted octanol–water partition coefficient (Wildman–Crippen LogP) is 3.57. The fraction of sp³-hybridized carbons (Fsp3) is 0.125. The Morgan fingerprint density at radius 2 is 1.52 bits per heavy atom. The van der Waals surface area contributed by atoms with Crippen molar-refractivity contribution in [3.05, 3.63) is 102 Å². The number of amides is 1. The predicted molar refractivity (Wildman–Crippen MR) is 112 cm³/mol. The number of carbonyl (C=O) groups excluding carboxylic acids is 1. The van der Waals surface area contributed by atoms with E-state index in [1.165, 1.54) is 4.90 Å². The van der Waals surface area contributed by atoms with Gasteiger partial charge in [0.2, 0.25) is 0 Å².